The van der Waals surface area contributed by atoms with Crippen LogP contribution in [0.1, 0.15) is 25.3 Å². The van der Waals surface area contributed by atoms with Gasteiger partial charge in [-0.1, -0.05) is 0 Å². The number of anilines is 1. The van der Waals surface area contributed by atoms with Gasteiger partial charge in [-0.05, 0) is 55.7 Å². The second-order valence-electron chi connectivity index (χ2n) is 6.59. The SMILES string of the molecule is CC(=O)Nc1ccc(S(=O)(=O)N2CCC[C@H](Oc3ccncc3)C2)c(C)c1. The van der Waals surface area contributed by atoms with E-state index < -0.39 is 10.0 Å². The number of pyridine rings is 1. The highest BCUT2D eigenvalue weighted by atomic mass is 32.2. The van der Waals surface area contributed by atoms with Gasteiger partial charge in [0.25, 0.3) is 0 Å². The Kier molecular flexibility index (Phi) is 5.76. The van der Waals surface area contributed by atoms with E-state index in [9.17, 15) is 13.2 Å². The highest BCUT2D eigenvalue weighted by Gasteiger charge is 2.32. The van der Waals surface area contributed by atoms with Crippen molar-refractivity contribution in [3.63, 3.8) is 0 Å². The highest BCUT2D eigenvalue weighted by molar-refractivity contribution is 7.89. The molecule has 0 spiro atoms. The Hall–Kier alpha value is -2.45. The first-order chi connectivity index (χ1) is 12.9. The summed E-state index contributed by atoms with van der Waals surface area (Å²) in [5.41, 5.74) is 1.18. The predicted octanol–water partition coefficient (Wildman–Crippen LogP) is 2.58. The fourth-order valence-corrected chi connectivity index (χ4v) is 4.90. The number of nitrogens with zero attached hydrogens (tertiary/aromatic N) is 2. The van der Waals surface area contributed by atoms with E-state index in [4.69, 9.17) is 4.74 Å². The number of ether oxygens (including phenoxy) is 1. The molecule has 144 valence electrons. The number of benzene rings is 1. The minimum Gasteiger partial charge on any atom is -0.489 e. The molecule has 0 unspecified atom stereocenters. The van der Waals surface area contributed by atoms with Crippen LogP contribution in [0.2, 0.25) is 0 Å². The summed E-state index contributed by atoms with van der Waals surface area (Å²) in [6.45, 7) is 3.91. The van der Waals surface area contributed by atoms with E-state index in [0.717, 1.165) is 12.8 Å². The summed E-state index contributed by atoms with van der Waals surface area (Å²) in [5, 5.41) is 2.67. The summed E-state index contributed by atoms with van der Waals surface area (Å²) >= 11 is 0. The summed E-state index contributed by atoms with van der Waals surface area (Å²) in [7, 11) is -3.63. The van der Waals surface area contributed by atoms with Crippen LogP contribution in [0.4, 0.5) is 5.69 Å². The predicted molar refractivity (Wildman–Crippen MR) is 102 cm³/mol. The van der Waals surface area contributed by atoms with Gasteiger partial charge in [-0.25, -0.2) is 8.42 Å². The van der Waals surface area contributed by atoms with E-state index in [1.54, 1.807) is 49.6 Å². The normalized spacial score (nSPS) is 18.1. The van der Waals surface area contributed by atoms with Crippen molar-refractivity contribution in [2.45, 2.75) is 37.7 Å². The van der Waals surface area contributed by atoms with Gasteiger partial charge in [0.15, 0.2) is 0 Å². The molecule has 1 atom stereocenters. The molecule has 2 heterocycles. The summed E-state index contributed by atoms with van der Waals surface area (Å²) in [5.74, 6) is 0.488. The van der Waals surface area contributed by atoms with Crippen LogP contribution in [0.3, 0.4) is 0 Å². The number of carbonyl (C=O) groups is 1. The Morgan fingerprint density at radius 1 is 1.26 bits per heavy atom. The lowest BCUT2D eigenvalue weighted by Gasteiger charge is -2.32. The Balaban J connectivity index is 1.77. The lowest BCUT2D eigenvalue weighted by Crippen LogP contribution is -2.44. The number of hydrogen-bond donors (Lipinski definition) is 1. The topological polar surface area (TPSA) is 88.6 Å². The quantitative estimate of drug-likeness (QED) is 0.849. The van der Waals surface area contributed by atoms with Gasteiger partial charge in [-0.15, -0.1) is 0 Å². The molecule has 1 aliphatic heterocycles. The first kappa shape index (κ1) is 19.3. The zero-order valence-electron chi connectivity index (χ0n) is 15.4. The average Bonchev–Trinajstić information content (AvgIpc) is 2.62. The Morgan fingerprint density at radius 2 is 2.00 bits per heavy atom. The molecule has 0 radical (unpaired) electrons. The van der Waals surface area contributed by atoms with Crippen LogP contribution in [0.15, 0.2) is 47.6 Å². The lowest BCUT2D eigenvalue weighted by molar-refractivity contribution is -0.114. The fourth-order valence-electron chi connectivity index (χ4n) is 3.19. The molecule has 0 aliphatic carbocycles. The lowest BCUT2D eigenvalue weighted by atomic mass is 10.1. The van der Waals surface area contributed by atoms with Gasteiger partial charge in [-0.3, -0.25) is 9.78 Å². The van der Waals surface area contributed by atoms with Crippen molar-refractivity contribution >= 4 is 21.6 Å². The number of amides is 1. The van der Waals surface area contributed by atoms with Crippen LogP contribution < -0.4 is 10.1 Å². The zero-order valence-corrected chi connectivity index (χ0v) is 16.2. The third-order valence-electron chi connectivity index (χ3n) is 4.41. The number of aryl methyl sites for hydroxylation is 1. The van der Waals surface area contributed by atoms with Gasteiger partial charge in [0.1, 0.15) is 11.9 Å². The molecule has 27 heavy (non-hydrogen) atoms. The van der Waals surface area contributed by atoms with Gasteiger partial charge in [0, 0.05) is 31.5 Å². The van der Waals surface area contributed by atoms with E-state index in [2.05, 4.69) is 10.3 Å². The van der Waals surface area contributed by atoms with E-state index >= 15 is 0 Å². The van der Waals surface area contributed by atoms with Crippen LogP contribution in [0, 0.1) is 6.92 Å². The molecule has 7 nitrogen and oxygen atoms in total. The van der Waals surface area contributed by atoms with Crippen molar-refractivity contribution in [1.82, 2.24) is 9.29 Å². The third kappa shape index (κ3) is 4.64. The monoisotopic (exact) mass is 389 g/mol. The number of nitrogens with one attached hydrogen (secondary N) is 1. The Morgan fingerprint density at radius 3 is 2.67 bits per heavy atom. The first-order valence-electron chi connectivity index (χ1n) is 8.81. The number of piperidine rings is 1. The molecule has 0 bridgehead atoms. The second kappa shape index (κ2) is 8.06. The Bertz CT molecular complexity index is 916. The molecule has 1 aromatic carbocycles. The molecule has 1 N–H and O–H groups in total. The van der Waals surface area contributed by atoms with E-state index in [-0.39, 0.29) is 16.9 Å². The molecular weight excluding hydrogens is 366 g/mol. The number of aromatic nitrogens is 1. The van der Waals surface area contributed by atoms with E-state index in [1.807, 2.05) is 0 Å². The Labute approximate surface area is 159 Å². The molecule has 1 aliphatic rings. The zero-order chi connectivity index (χ0) is 19.4. The van der Waals surface area contributed by atoms with Crippen molar-refractivity contribution in [2.24, 2.45) is 0 Å². The molecule has 1 aromatic heterocycles. The van der Waals surface area contributed by atoms with E-state index in [0.29, 0.717) is 30.1 Å². The minimum atomic E-state index is -3.63. The molecule has 1 saturated heterocycles. The average molecular weight is 389 g/mol. The van der Waals surface area contributed by atoms with Crippen LogP contribution in [-0.2, 0) is 14.8 Å². The number of hydrogen-bond acceptors (Lipinski definition) is 5. The first-order valence-corrected chi connectivity index (χ1v) is 10.3. The molecule has 8 heteroatoms. The highest BCUT2D eigenvalue weighted by Crippen LogP contribution is 2.27. The standard InChI is InChI=1S/C19H23N3O4S/c1-14-12-16(21-15(2)23)5-6-19(14)27(24,25)22-11-3-4-18(13-22)26-17-7-9-20-10-8-17/h5-10,12,18H,3-4,11,13H2,1-2H3,(H,21,23)/t18-/m0/s1. The maximum absolute atomic E-state index is 13.1. The molecule has 1 fully saturated rings. The molecule has 3 rings (SSSR count). The van der Waals surface area contributed by atoms with Crippen LogP contribution in [0.25, 0.3) is 0 Å². The second-order valence-corrected chi connectivity index (χ2v) is 8.50. The van der Waals surface area contributed by atoms with Crippen molar-refractivity contribution in [3.8, 4) is 5.75 Å². The van der Waals surface area contributed by atoms with Gasteiger partial charge >= 0.3 is 0 Å². The summed E-state index contributed by atoms with van der Waals surface area (Å²) in [6.07, 6.45) is 4.63. The third-order valence-corrected chi connectivity index (χ3v) is 6.43. The maximum Gasteiger partial charge on any atom is 0.243 e. The summed E-state index contributed by atoms with van der Waals surface area (Å²) in [4.78, 5) is 15.4. The van der Waals surface area contributed by atoms with Crippen molar-refractivity contribution in [2.75, 3.05) is 18.4 Å². The van der Waals surface area contributed by atoms with Crippen molar-refractivity contribution in [1.29, 1.82) is 0 Å². The molecule has 0 saturated carbocycles. The number of rotatable bonds is 5. The molecule has 2 aromatic rings. The number of sulfonamides is 1. The van der Waals surface area contributed by atoms with Crippen LogP contribution in [0.5, 0.6) is 5.75 Å². The largest absolute Gasteiger partial charge is 0.489 e. The van der Waals surface area contributed by atoms with Gasteiger partial charge in [-0.2, -0.15) is 4.31 Å². The van der Waals surface area contributed by atoms with Crippen LogP contribution in [-0.4, -0.2) is 42.8 Å². The van der Waals surface area contributed by atoms with Gasteiger partial charge in [0.05, 0.1) is 11.4 Å². The van der Waals surface area contributed by atoms with Gasteiger partial charge < -0.3 is 10.1 Å². The number of carbonyl (C=O) groups excluding carboxylic acids is 1. The van der Waals surface area contributed by atoms with Crippen molar-refractivity contribution in [3.05, 3.63) is 48.3 Å². The summed E-state index contributed by atoms with van der Waals surface area (Å²) < 4.78 is 33.6. The molecular formula is C19H23N3O4S. The maximum atomic E-state index is 13.1. The fraction of sp³-hybridized carbons (Fsp3) is 0.368. The van der Waals surface area contributed by atoms with Crippen molar-refractivity contribution < 1.29 is 17.9 Å². The van der Waals surface area contributed by atoms with E-state index in [1.165, 1.54) is 11.2 Å². The van der Waals surface area contributed by atoms with Crippen LogP contribution >= 0.6 is 0 Å². The minimum absolute atomic E-state index is 0.197. The molecule has 1 amide bonds. The smallest absolute Gasteiger partial charge is 0.243 e. The van der Waals surface area contributed by atoms with Gasteiger partial charge in [0.2, 0.25) is 15.9 Å². The summed E-state index contributed by atoms with van der Waals surface area (Å²) in [6, 6.07) is 8.35.